The Morgan fingerprint density at radius 2 is 2.11 bits per heavy atom. The molecule has 0 radical (unpaired) electrons. The standard InChI is InChI=1S/C15H17NO2/c1-11(17)13-7-8-15-16(9-13)14(10-18-15)12-5-3-2-4-6-12/h2-6,9,14-15H,7-8,10H2,1H3/t14-,15+/m0/s1. The second-order valence-electron chi connectivity index (χ2n) is 4.91. The molecule has 0 spiro atoms. The summed E-state index contributed by atoms with van der Waals surface area (Å²) in [6.45, 7) is 2.34. The summed E-state index contributed by atoms with van der Waals surface area (Å²) in [7, 11) is 0. The highest BCUT2D eigenvalue weighted by Gasteiger charge is 2.36. The van der Waals surface area contributed by atoms with Gasteiger partial charge in [0.25, 0.3) is 0 Å². The SMILES string of the molecule is CC(=O)C1=CN2[C@@H](CC1)OC[C@H]2c1ccccc1. The molecule has 18 heavy (non-hydrogen) atoms. The number of Topliss-reactive ketones (excluding diaryl/α,β-unsaturated/α-hetero) is 1. The van der Waals surface area contributed by atoms with Gasteiger partial charge in [-0.2, -0.15) is 0 Å². The van der Waals surface area contributed by atoms with Crippen molar-refractivity contribution in [3.63, 3.8) is 0 Å². The first-order valence-electron chi connectivity index (χ1n) is 6.41. The Kier molecular flexibility index (Phi) is 2.92. The number of rotatable bonds is 2. The van der Waals surface area contributed by atoms with Crippen LogP contribution < -0.4 is 0 Å². The normalized spacial score (nSPS) is 26.7. The van der Waals surface area contributed by atoms with E-state index in [0.717, 1.165) is 18.4 Å². The zero-order valence-electron chi connectivity index (χ0n) is 10.5. The van der Waals surface area contributed by atoms with E-state index in [1.807, 2.05) is 24.4 Å². The van der Waals surface area contributed by atoms with E-state index in [1.54, 1.807) is 6.92 Å². The molecule has 2 aliphatic heterocycles. The first-order chi connectivity index (χ1) is 8.75. The lowest BCUT2D eigenvalue weighted by Crippen LogP contribution is -2.31. The van der Waals surface area contributed by atoms with E-state index in [0.29, 0.717) is 6.61 Å². The van der Waals surface area contributed by atoms with Gasteiger partial charge in [-0.05, 0) is 25.3 Å². The Morgan fingerprint density at radius 3 is 2.83 bits per heavy atom. The summed E-state index contributed by atoms with van der Waals surface area (Å²) in [5.74, 6) is 0.173. The van der Waals surface area contributed by atoms with Crippen LogP contribution in [-0.4, -0.2) is 23.5 Å². The van der Waals surface area contributed by atoms with Crippen LogP contribution in [0.2, 0.25) is 0 Å². The van der Waals surface area contributed by atoms with E-state index in [1.165, 1.54) is 5.56 Å². The highest BCUT2D eigenvalue weighted by Crippen LogP contribution is 2.36. The summed E-state index contributed by atoms with van der Waals surface area (Å²) in [6, 6.07) is 10.6. The van der Waals surface area contributed by atoms with Crippen molar-refractivity contribution >= 4 is 5.78 Å². The lowest BCUT2D eigenvalue weighted by Gasteiger charge is -2.31. The van der Waals surface area contributed by atoms with E-state index < -0.39 is 0 Å². The number of allylic oxidation sites excluding steroid dienone is 1. The van der Waals surface area contributed by atoms with Gasteiger partial charge in [0.1, 0.15) is 6.23 Å². The molecule has 1 fully saturated rings. The summed E-state index contributed by atoms with van der Waals surface area (Å²) in [6.07, 6.45) is 3.88. The van der Waals surface area contributed by atoms with Crippen LogP contribution in [0, 0.1) is 0 Å². The smallest absolute Gasteiger partial charge is 0.157 e. The molecule has 1 aromatic carbocycles. The number of ketones is 1. The molecule has 0 unspecified atom stereocenters. The molecule has 3 nitrogen and oxygen atoms in total. The summed E-state index contributed by atoms with van der Waals surface area (Å²) in [5, 5.41) is 0. The lowest BCUT2D eigenvalue weighted by molar-refractivity contribution is -0.114. The Balaban J connectivity index is 1.90. The van der Waals surface area contributed by atoms with Gasteiger partial charge in [0.2, 0.25) is 0 Å². The van der Waals surface area contributed by atoms with Crippen molar-refractivity contribution in [2.45, 2.75) is 32.0 Å². The molecule has 2 heterocycles. The fourth-order valence-electron chi connectivity index (χ4n) is 2.71. The molecule has 0 amide bonds. The number of fused-ring (bicyclic) bond motifs is 1. The minimum atomic E-state index is 0.137. The number of hydrogen-bond donors (Lipinski definition) is 0. The van der Waals surface area contributed by atoms with Crippen LogP contribution in [0.25, 0.3) is 0 Å². The molecule has 3 heteroatoms. The first kappa shape index (κ1) is 11.5. The van der Waals surface area contributed by atoms with Crippen molar-refractivity contribution in [3.05, 3.63) is 47.7 Å². The molecular weight excluding hydrogens is 226 g/mol. The lowest BCUT2D eigenvalue weighted by atomic mass is 10.0. The van der Waals surface area contributed by atoms with Crippen LogP contribution in [0.15, 0.2) is 42.1 Å². The van der Waals surface area contributed by atoms with E-state index in [9.17, 15) is 4.79 Å². The number of nitrogens with zero attached hydrogens (tertiary/aromatic N) is 1. The van der Waals surface area contributed by atoms with Crippen molar-refractivity contribution in [2.24, 2.45) is 0 Å². The van der Waals surface area contributed by atoms with Gasteiger partial charge >= 0.3 is 0 Å². The topological polar surface area (TPSA) is 29.5 Å². The summed E-state index contributed by atoms with van der Waals surface area (Å²) >= 11 is 0. The van der Waals surface area contributed by atoms with Crippen molar-refractivity contribution in [1.29, 1.82) is 0 Å². The van der Waals surface area contributed by atoms with Gasteiger partial charge in [-0.15, -0.1) is 0 Å². The largest absolute Gasteiger partial charge is 0.356 e. The second-order valence-corrected chi connectivity index (χ2v) is 4.91. The molecule has 0 aromatic heterocycles. The predicted molar refractivity (Wildman–Crippen MR) is 68.8 cm³/mol. The van der Waals surface area contributed by atoms with E-state index in [2.05, 4.69) is 17.0 Å². The molecule has 3 rings (SSSR count). The summed E-state index contributed by atoms with van der Waals surface area (Å²) in [4.78, 5) is 13.7. The third kappa shape index (κ3) is 1.95. The minimum Gasteiger partial charge on any atom is -0.356 e. The van der Waals surface area contributed by atoms with E-state index in [-0.39, 0.29) is 18.1 Å². The van der Waals surface area contributed by atoms with Gasteiger partial charge in [-0.25, -0.2) is 0 Å². The number of hydrogen-bond acceptors (Lipinski definition) is 3. The average molecular weight is 243 g/mol. The molecule has 0 saturated carbocycles. The third-order valence-corrected chi connectivity index (χ3v) is 3.74. The van der Waals surface area contributed by atoms with Gasteiger partial charge in [-0.1, -0.05) is 30.3 Å². The molecular formula is C15H17NO2. The fourth-order valence-corrected chi connectivity index (χ4v) is 2.71. The van der Waals surface area contributed by atoms with Crippen LogP contribution in [0.4, 0.5) is 0 Å². The zero-order chi connectivity index (χ0) is 12.5. The van der Waals surface area contributed by atoms with Gasteiger partial charge in [0, 0.05) is 11.8 Å². The molecule has 2 atom stereocenters. The Bertz CT molecular complexity index is 481. The van der Waals surface area contributed by atoms with Crippen LogP contribution in [0.5, 0.6) is 0 Å². The Labute approximate surface area is 107 Å². The average Bonchev–Trinajstić information content (AvgIpc) is 2.82. The monoisotopic (exact) mass is 243 g/mol. The molecule has 0 aliphatic carbocycles. The highest BCUT2D eigenvalue weighted by atomic mass is 16.5. The number of carbonyl (C=O) groups excluding carboxylic acids is 1. The first-order valence-corrected chi connectivity index (χ1v) is 6.41. The van der Waals surface area contributed by atoms with E-state index >= 15 is 0 Å². The Hall–Kier alpha value is -1.61. The second kappa shape index (κ2) is 4.58. The number of carbonyl (C=O) groups is 1. The summed E-state index contributed by atoms with van der Waals surface area (Å²) in [5.41, 5.74) is 2.17. The van der Waals surface area contributed by atoms with Crippen molar-refractivity contribution in [3.8, 4) is 0 Å². The third-order valence-electron chi connectivity index (χ3n) is 3.74. The molecule has 0 N–H and O–H groups in total. The maximum absolute atomic E-state index is 11.5. The van der Waals surface area contributed by atoms with Crippen molar-refractivity contribution in [1.82, 2.24) is 4.90 Å². The number of ether oxygens (including phenoxy) is 1. The minimum absolute atomic E-state index is 0.137. The van der Waals surface area contributed by atoms with Gasteiger partial charge in [-0.3, -0.25) is 4.79 Å². The quantitative estimate of drug-likeness (QED) is 0.799. The molecule has 1 aromatic rings. The Morgan fingerprint density at radius 1 is 1.33 bits per heavy atom. The molecule has 2 aliphatic rings. The highest BCUT2D eigenvalue weighted by molar-refractivity contribution is 5.93. The number of benzene rings is 1. The van der Waals surface area contributed by atoms with Gasteiger partial charge in [0.15, 0.2) is 5.78 Å². The maximum Gasteiger partial charge on any atom is 0.157 e. The van der Waals surface area contributed by atoms with Crippen molar-refractivity contribution in [2.75, 3.05) is 6.61 Å². The zero-order valence-corrected chi connectivity index (χ0v) is 10.5. The summed E-state index contributed by atoms with van der Waals surface area (Å²) < 4.78 is 5.82. The van der Waals surface area contributed by atoms with Gasteiger partial charge < -0.3 is 9.64 Å². The van der Waals surface area contributed by atoms with E-state index in [4.69, 9.17) is 4.74 Å². The molecule has 0 bridgehead atoms. The predicted octanol–water partition coefficient (Wildman–Crippen LogP) is 2.65. The van der Waals surface area contributed by atoms with Gasteiger partial charge in [0.05, 0.1) is 12.6 Å². The van der Waals surface area contributed by atoms with Crippen LogP contribution in [0.3, 0.4) is 0 Å². The van der Waals surface area contributed by atoms with Crippen molar-refractivity contribution < 1.29 is 9.53 Å². The molecule has 94 valence electrons. The maximum atomic E-state index is 11.5. The van der Waals surface area contributed by atoms with Crippen LogP contribution in [0.1, 0.15) is 31.4 Å². The molecule has 1 saturated heterocycles. The van der Waals surface area contributed by atoms with Crippen LogP contribution >= 0.6 is 0 Å². The van der Waals surface area contributed by atoms with Crippen LogP contribution in [-0.2, 0) is 9.53 Å². The fraction of sp³-hybridized carbons (Fsp3) is 0.400.